The number of hydrogen-bond donors (Lipinski definition) is 2. The van der Waals surface area contributed by atoms with Crippen molar-refractivity contribution < 1.29 is 8.42 Å². The van der Waals surface area contributed by atoms with E-state index < -0.39 is 10.0 Å². The molecule has 0 aliphatic carbocycles. The third-order valence-electron chi connectivity index (χ3n) is 4.51. The average Bonchev–Trinajstić information content (AvgIpc) is 2.95. The standard InChI is InChI=1S/C17H25N3O2S/c1-23(21,22)18-10-6-12-20-11-5-4-9-17(20)16-13-14-7-2-3-8-15(14)19-16/h2-3,7-8,13,17-19H,4-6,9-12H2,1H3. The quantitative estimate of drug-likeness (QED) is 0.798. The van der Waals surface area contributed by atoms with Gasteiger partial charge in [-0.15, -0.1) is 0 Å². The lowest BCUT2D eigenvalue weighted by molar-refractivity contribution is 0.145. The van der Waals surface area contributed by atoms with E-state index in [-0.39, 0.29) is 0 Å². The van der Waals surface area contributed by atoms with Crippen molar-refractivity contribution in [3.05, 3.63) is 36.0 Å². The van der Waals surface area contributed by atoms with Gasteiger partial charge in [0.1, 0.15) is 0 Å². The van der Waals surface area contributed by atoms with E-state index >= 15 is 0 Å². The summed E-state index contributed by atoms with van der Waals surface area (Å²) in [5, 5.41) is 1.26. The summed E-state index contributed by atoms with van der Waals surface area (Å²) in [5.74, 6) is 0. The molecule has 1 unspecified atom stereocenters. The Balaban J connectivity index is 1.66. The van der Waals surface area contributed by atoms with Crippen molar-refractivity contribution in [2.45, 2.75) is 31.7 Å². The van der Waals surface area contributed by atoms with Crippen LogP contribution in [0.25, 0.3) is 10.9 Å². The van der Waals surface area contributed by atoms with Crippen LogP contribution >= 0.6 is 0 Å². The molecule has 1 aliphatic rings. The fourth-order valence-electron chi connectivity index (χ4n) is 3.43. The van der Waals surface area contributed by atoms with E-state index in [0.717, 1.165) is 25.9 Å². The van der Waals surface area contributed by atoms with Crippen LogP contribution in [0.4, 0.5) is 0 Å². The molecule has 5 nitrogen and oxygen atoms in total. The van der Waals surface area contributed by atoms with E-state index in [2.05, 4.69) is 44.9 Å². The van der Waals surface area contributed by atoms with Gasteiger partial charge in [0.25, 0.3) is 0 Å². The Bertz CT molecular complexity index is 721. The van der Waals surface area contributed by atoms with Gasteiger partial charge in [-0.1, -0.05) is 24.6 Å². The predicted molar refractivity (Wildman–Crippen MR) is 93.9 cm³/mol. The highest BCUT2D eigenvalue weighted by atomic mass is 32.2. The molecular weight excluding hydrogens is 310 g/mol. The molecule has 2 N–H and O–H groups in total. The molecule has 0 radical (unpaired) electrons. The Morgan fingerprint density at radius 2 is 2.13 bits per heavy atom. The molecule has 0 spiro atoms. The summed E-state index contributed by atoms with van der Waals surface area (Å²) >= 11 is 0. The first-order chi connectivity index (χ1) is 11.0. The van der Waals surface area contributed by atoms with Crippen LogP contribution in [0, 0.1) is 0 Å². The lowest BCUT2D eigenvalue weighted by Gasteiger charge is -2.35. The maximum Gasteiger partial charge on any atom is 0.208 e. The molecule has 3 rings (SSSR count). The lowest BCUT2D eigenvalue weighted by Crippen LogP contribution is -2.36. The number of sulfonamides is 1. The largest absolute Gasteiger partial charge is 0.357 e. The number of hydrogen-bond acceptors (Lipinski definition) is 3. The molecule has 0 saturated carbocycles. The van der Waals surface area contributed by atoms with Gasteiger partial charge in [0.05, 0.1) is 6.26 Å². The minimum Gasteiger partial charge on any atom is -0.357 e. The van der Waals surface area contributed by atoms with Crippen LogP contribution in [0.1, 0.15) is 37.4 Å². The molecule has 2 heterocycles. The van der Waals surface area contributed by atoms with Crippen molar-refractivity contribution >= 4 is 20.9 Å². The van der Waals surface area contributed by atoms with Crippen molar-refractivity contribution in [3.63, 3.8) is 0 Å². The minimum atomic E-state index is -3.08. The fourth-order valence-corrected chi connectivity index (χ4v) is 3.94. The Hall–Kier alpha value is -1.37. The summed E-state index contributed by atoms with van der Waals surface area (Å²) in [5.41, 5.74) is 2.47. The Labute approximate surface area is 138 Å². The molecule has 23 heavy (non-hydrogen) atoms. The minimum absolute atomic E-state index is 0.411. The smallest absolute Gasteiger partial charge is 0.208 e. The second kappa shape index (κ2) is 7.03. The molecule has 1 saturated heterocycles. The summed E-state index contributed by atoms with van der Waals surface area (Å²) in [4.78, 5) is 6.04. The number of benzene rings is 1. The van der Waals surface area contributed by atoms with E-state index in [4.69, 9.17) is 0 Å². The van der Waals surface area contributed by atoms with Gasteiger partial charge < -0.3 is 4.98 Å². The highest BCUT2D eigenvalue weighted by molar-refractivity contribution is 7.88. The van der Waals surface area contributed by atoms with Crippen molar-refractivity contribution in [1.82, 2.24) is 14.6 Å². The van der Waals surface area contributed by atoms with Gasteiger partial charge in [-0.05, 0) is 43.3 Å². The van der Waals surface area contributed by atoms with Crippen molar-refractivity contribution in [3.8, 4) is 0 Å². The van der Waals surface area contributed by atoms with Gasteiger partial charge in [0.2, 0.25) is 10.0 Å². The normalized spacial score (nSPS) is 20.1. The van der Waals surface area contributed by atoms with Gasteiger partial charge in [0.15, 0.2) is 0 Å². The number of fused-ring (bicyclic) bond motifs is 1. The number of likely N-dealkylation sites (tertiary alicyclic amines) is 1. The molecule has 126 valence electrons. The highest BCUT2D eigenvalue weighted by Crippen LogP contribution is 2.32. The fraction of sp³-hybridized carbons (Fsp3) is 0.529. The number of nitrogens with one attached hydrogen (secondary N) is 2. The zero-order valence-corrected chi connectivity index (χ0v) is 14.4. The molecule has 1 atom stereocenters. The molecule has 0 amide bonds. The Morgan fingerprint density at radius 3 is 2.91 bits per heavy atom. The highest BCUT2D eigenvalue weighted by Gasteiger charge is 2.24. The SMILES string of the molecule is CS(=O)(=O)NCCCN1CCCCC1c1cc2ccccc2[nH]1. The first kappa shape index (κ1) is 16.5. The molecule has 1 aromatic carbocycles. The Kier molecular flexibility index (Phi) is 5.04. The van der Waals surface area contributed by atoms with Crippen LogP contribution in [0.15, 0.2) is 30.3 Å². The summed E-state index contributed by atoms with van der Waals surface area (Å²) in [7, 11) is -3.08. The number of rotatable bonds is 6. The molecule has 2 aromatic rings. The molecule has 1 aliphatic heterocycles. The van der Waals surface area contributed by atoms with E-state index in [0.29, 0.717) is 12.6 Å². The van der Waals surface area contributed by atoms with Crippen molar-refractivity contribution in [2.24, 2.45) is 0 Å². The Morgan fingerprint density at radius 1 is 1.30 bits per heavy atom. The van der Waals surface area contributed by atoms with Crippen LogP contribution in [0.5, 0.6) is 0 Å². The molecule has 1 fully saturated rings. The zero-order chi connectivity index (χ0) is 16.3. The molecule has 6 heteroatoms. The number of aromatic nitrogens is 1. The second-order valence-corrected chi connectivity index (χ2v) is 8.21. The van der Waals surface area contributed by atoms with Crippen LogP contribution < -0.4 is 4.72 Å². The number of H-pyrrole nitrogens is 1. The van der Waals surface area contributed by atoms with Crippen molar-refractivity contribution in [2.75, 3.05) is 25.9 Å². The average molecular weight is 335 g/mol. The van der Waals surface area contributed by atoms with Crippen LogP contribution in [-0.2, 0) is 10.0 Å². The summed E-state index contributed by atoms with van der Waals surface area (Å²) in [6.07, 6.45) is 5.67. The van der Waals surface area contributed by atoms with Gasteiger partial charge in [0, 0.05) is 30.3 Å². The van der Waals surface area contributed by atoms with Gasteiger partial charge in [-0.2, -0.15) is 0 Å². The summed E-state index contributed by atoms with van der Waals surface area (Å²) < 4.78 is 24.9. The van der Waals surface area contributed by atoms with E-state index in [1.165, 1.54) is 35.7 Å². The second-order valence-electron chi connectivity index (χ2n) is 6.38. The maximum absolute atomic E-state index is 11.1. The van der Waals surface area contributed by atoms with Gasteiger partial charge in [-0.25, -0.2) is 13.1 Å². The third kappa shape index (κ3) is 4.34. The monoisotopic (exact) mass is 335 g/mol. The van der Waals surface area contributed by atoms with Crippen LogP contribution in [-0.4, -0.2) is 44.2 Å². The van der Waals surface area contributed by atoms with E-state index in [1.54, 1.807) is 0 Å². The predicted octanol–water partition coefficient (Wildman–Crippen LogP) is 2.63. The third-order valence-corrected chi connectivity index (χ3v) is 5.24. The summed E-state index contributed by atoms with van der Waals surface area (Å²) in [6, 6.07) is 11.0. The molecule has 1 aromatic heterocycles. The number of para-hydroxylation sites is 1. The summed E-state index contributed by atoms with van der Waals surface area (Å²) in [6.45, 7) is 2.51. The number of aromatic amines is 1. The first-order valence-corrected chi connectivity index (χ1v) is 10.2. The van der Waals surface area contributed by atoms with E-state index in [9.17, 15) is 8.42 Å². The first-order valence-electron chi connectivity index (χ1n) is 8.29. The van der Waals surface area contributed by atoms with Crippen LogP contribution in [0.3, 0.4) is 0 Å². The topological polar surface area (TPSA) is 65.2 Å². The van der Waals surface area contributed by atoms with Gasteiger partial charge >= 0.3 is 0 Å². The van der Waals surface area contributed by atoms with E-state index in [1.807, 2.05) is 0 Å². The lowest BCUT2D eigenvalue weighted by atomic mass is 9.99. The zero-order valence-electron chi connectivity index (χ0n) is 13.6. The van der Waals surface area contributed by atoms with Gasteiger partial charge in [-0.3, -0.25) is 4.90 Å². The maximum atomic E-state index is 11.1. The van der Waals surface area contributed by atoms with Crippen LogP contribution in [0.2, 0.25) is 0 Å². The number of piperidine rings is 1. The van der Waals surface area contributed by atoms with Crippen molar-refractivity contribution in [1.29, 1.82) is 0 Å². The number of nitrogens with zero attached hydrogens (tertiary/aromatic N) is 1. The molecule has 0 bridgehead atoms. The molecular formula is C17H25N3O2S.